The van der Waals surface area contributed by atoms with Gasteiger partial charge in [0.2, 0.25) is 0 Å². The fourth-order valence-electron chi connectivity index (χ4n) is 2.42. The van der Waals surface area contributed by atoms with E-state index in [9.17, 15) is 0 Å². The second-order valence-electron chi connectivity index (χ2n) is 5.02. The molecule has 1 heteroatoms. The number of rotatable bonds is 4. The van der Waals surface area contributed by atoms with Crippen LogP contribution in [0.3, 0.4) is 0 Å². The number of benzene rings is 2. The van der Waals surface area contributed by atoms with Gasteiger partial charge >= 0.3 is 0 Å². The first-order valence-corrected chi connectivity index (χ1v) is 6.51. The van der Waals surface area contributed by atoms with Gasteiger partial charge < -0.3 is 5.73 Å². The maximum Gasteiger partial charge on any atom is 0.0120 e. The maximum absolute atomic E-state index is 6.28. The zero-order valence-electron chi connectivity index (χ0n) is 11.2. The largest absolute Gasteiger partial charge is 0.327 e. The van der Waals surface area contributed by atoms with Crippen LogP contribution in [0.4, 0.5) is 0 Å². The fourth-order valence-corrected chi connectivity index (χ4v) is 2.42. The molecule has 0 saturated heterocycles. The smallest absolute Gasteiger partial charge is 0.0120 e. The van der Waals surface area contributed by atoms with Crippen molar-refractivity contribution in [1.29, 1.82) is 0 Å². The third kappa shape index (κ3) is 3.21. The van der Waals surface area contributed by atoms with Crippen molar-refractivity contribution in [3.05, 3.63) is 70.8 Å². The highest BCUT2D eigenvalue weighted by atomic mass is 14.6. The van der Waals surface area contributed by atoms with Crippen molar-refractivity contribution in [2.24, 2.45) is 5.73 Å². The van der Waals surface area contributed by atoms with Crippen LogP contribution in [0, 0.1) is 13.8 Å². The van der Waals surface area contributed by atoms with Crippen molar-refractivity contribution < 1.29 is 0 Å². The van der Waals surface area contributed by atoms with Gasteiger partial charge in [-0.25, -0.2) is 0 Å². The third-order valence-electron chi connectivity index (χ3n) is 3.45. The van der Waals surface area contributed by atoms with E-state index in [1.54, 1.807) is 0 Å². The summed E-state index contributed by atoms with van der Waals surface area (Å²) in [6.07, 6.45) is 1.89. The van der Waals surface area contributed by atoms with Gasteiger partial charge in [-0.05, 0) is 48.9 Å². The summed E-state index contributed by atoms with van der Waals surface area (Å²) in [7, 11) is 0. The molecule has 94 valence electrons. The van der Waals surface area contributed by atoms with Crippen molar-refractivity contribution in [2.45, 2.75) is 32.7 Å². The van der Waals surface area contributed by atoms with Gasteiger partial charge in [0, 0.05) is 6.04 Å². The Morgan fingerprint density at radius 1 is 0.833 bits per heavy atom. The summed E-state index contributed by atoms with van der Waals surface area (Å²) < 4.78 is 0. The van der Waals surface area contributed by atoms with Crippen LogP contribution in [0.15, 0.2) is 48.5 Å². The van der Waals surface area contributed by atoms with Gasteiger partial charge in [-0.1, -0.05) is 48.5 Å². The van der Waals surface area contributed by atoms with E-state index in [0.29, 0.717) is 0 Å². The Morgan fingerprint density at radius 3 is 2.06 bits per heavy atom. The molecule has 0 aliphatic rings. The molecule has 18 heavy (non-hydrogen) atoms. The predicted octanol–water partition coefficient (Wildman–Crippen LogP) is 3.42. The molecule has 1 atom stereocenters. The quantitative estimate of drug-likeness (QED) is 0.869. The second kappa shape index (κ2) is 5.83. The standard InChI is InChI=1S/C17H21N/c1-13-7-6-8-14(2)17(13)12-16(18)11-15-9-4-3-5-10-15/h3-10,16H,11-12,18H2,1-2H3. The van der Waals surface area contributed by atoms with Gasteiger partial charge in [0.05, 0.1) is 0 Å². The summed E-state index contributed by atoms with van der Waals surface area (Å²) in [5, 5.41) is 0. The lowest BCUT2D eigenvalue weighted by atomic mass is 9.94. The Hall–Kier alpha value is -1.60. The summed E-state index contributed by atoms with van der Waals surface area (Å²) in [5.74, 6) is 0. The minimum absolute atomic E-state index is 0.187. The molecular formula is C17H21N. The average molecular weight is 239 g/mol. The lowest BCUT2D eigenvalue weighted by Crippen LogP contribution is -2.26. The zero-order valence-corrected chi connectivity index (χ0v) is 11.2. The van der Waals surface area contributed by atoms with Crippen LogP contribution in [-0.4, -0.2) is 6.04 Å². The first-order valence-electron chi connectivity index (χ1n) is 6.51. The van der Waals surface area contributed by atoms with E-state index in [1.165, 1.54) is 22.3 Å². The molecule has 0 amide bonds. The highest BCUT2D eigenvalue weighted by Crippen LogP contribution is 2.16. The normalized spacial score (nSPS) is 12.4. The molecule has 1 nitrogen and oxygen atoms in total. The van der Waals surface area contributed by atoms with Crippen molar-refractivity contribution in [3.8, 4) is 0 Å². The van der Waals surface area contributed by atoms with E-state index < -0.39 is 0 Å². The van der Waals surface area contributed by atoms with Crippen molar-refractivity contribution in [2.75, 3.05) is 0 Å². The number of hydrogen-bond donors (Lipinski definition) is 1. The zero-order chi connectivity index (χ0) is 13.0. The molecule has 0 aliphatic heterocycles. The first kappa shape index (κ1) is 12.8. The van der Waals surface area contributed by atoms with E-state index in [0.717, 1.165) is 12.8 Å². The molecule has 0 spiro atoms. The Kier molecular flexibility index (Phi) is 4.16. The van der Waals surface area contributed by atoms with Crippen molar-refractivity contribution in [3.63, 3.8) is 0 Å². The SMILES string of the molecule is Cc1cccc(C)c1CC(N)Cc1ccccc1. The van der Waals surface area contributed by atoms with Crippen molar-refractivity contribution in [1.82, 2.24) is 0 Å². The van der Waals surface area contributed by atoms with Crippen molar-refractivity contribution >= 4 is 0 Å². The Balaban J connectivity index is 2.06. The summed E-state index contributed by atoms with van der Waals surface area (Å²) in [5.41, 5.74) is 11.7. The fraction of sp³-hybridized carbons (Fsp3) is 0.294. The molecule has 2 N–H and O–H groups in total. The Bertz CT molecular complexity index is 482. The summed E-state index contributed by atoms with van der Waals surface area (Å²) >= 11 is 0. The Morgan fingerprint density at radius 2 is 1.44 bits per heavy atom. The number of aryl methyl sites for hydroxylation is 2. The molecule has 0 bridgehead atoms. The molecule has 0 saturated carbocycles. The monoisotopic (exact) mass is 239 g/mol. The highest BCUT2D eigenvalue weighted by molar-refractivity contribution is 5.34. The molecule has 1 unspecified atom stereocenters. The van der Waals surface area contributed by atoms with Gasteiger partial charge in [-0.2, -0.15) is 0 Å². The molecule has 0 fully saturated rings. The molecule has 0 aliphatic carbocycles. The van der Waals surface area contributed by atoms with E-state index in [4.69, 9.17) is 5.73 Å². The summed E-state index contributed by atoms with van der Waals surface area (Å²) in [4.78, 5) is 0. The van der Waals surface area contributed by atoms with E-state index in [-0.39, 0.29) is 6.04 Å². The number of nitrogens with two attached hydrogens (primary N) is 1. The summed E-state index contributed by atoms with van der Waals surface area (Å²) in [6.45, 7) is 4.33. The summed E-state index contributed by atoms with van der Waals surface area (Å²) in [6, 6.07) is 17.1. The van der Waals surface area contributed by atoms with Crippen LogP contribution < -0.4 is 5.73 Å². The third-order valence-corrected chi connectivity index (χ3v) is 3.45. The topological polar surface area (TPSA) is 26.0 Å². The van der Waals surface area contributed by atoms with Gasteiger partial charge in [0.25, 0.3) is 0 Å². The lowest BCUT2D eigenvalue weighted by molar-refractivity contribution is 0.660. The average Bonchev–Trinajstić information content (AvgIpc) is 2.35. The Labute approximate surface area is 110 Å². The second-order valence-corrected chi connectivity index (χ2v) is 5.02. The van der Waals surface area contributed by atoms with E-state index in [1.807, 2.05) is 6.07 Å². The number of hydrogen-bond acceptors (Lipinski definition) is 1. The lowest BCUT2D eigenvalue weighted by Gasteiger charge is -2.15. The molecule has 0 aromatic heterocycles. The maximum atomic E-state index is 6.28. The predicted molar refractivity (Wildman–Crippen MR) is 77.7 cm³/mol. The van der Waals surface area contributed by atoms with E-state index in [2.05, 4.69) is 56.3 Å². The molecular weight excluding hydrogens is 218 g/mol. The van der Waals surface area contributed by atoms with Gasteiger partial charge in [0.1, 0.15) is 0 Å². The molecule has 0 heterocycles. The minimum atomic E-state index is 0.187. The van der Waals surface area contributed by atoms with Gasteiger partial charge in [-0.3, -0.25) is 0 Å². The van der Waals surface area contributed by atoms with Crippen LogP contribution in [-0.2, 0) is 12.8 Å². The van der Waals surface area contributed by atoms with Crippen LogP contribution in [0.5, 0.6) is 0 Å². The first-order chi connectivity index (χ1) is 8.66. The molecule has 2 aromatic rings. The minimum Gasteiger partial charge on any atom is -0.327 e. The van der Waals surface area contributed by atoms with Gasteiger partial charge in [-0.15, -0.1) is 0 Å². The van der Waals surface area contributed by atoms with Crippen LogP contribution in [0.25, 0.3) is 0 Å². The molecule has 2 rings (SSSR count). The van der Waals surface area contributed by atoms with Crippen LogP contribution in [0.1, 0.15) is 22.3 Å². The molecule has 2 aromatic carbocycles. The van der Waals surface area contributed by atoms with Gasteiger partial charge in [0.15, 0.2) is 0 Å². The molecule has 0 radical (unpaired) electrons. The van der Waals surface area contributed by atoms with Crippen LogP contribution in [0.2, 0.25) is 0 Å². The van der Waals surface area contributed by atoms with Crippen LogP contribution >= 0.6 is 0 Å². The van der Waals surface area contributed by atoms with E-state index >= 15 is 0 Å². The highest BCUT2D eigenvalue weighted by Gasteiger charge is 2.09.